The standard InChI is InChI=1S/C12H9Cl.C6H6Cl6/c13-12-9-5-4-8-11(12)10-6-2-1-3-7-10;7-1-2(8)4(10)6(12)5(11)3(1)9/h1-9H;1-6H/t;1-,2-,3-,4+,5+,6+. The number of benzene rings is 2. The van der Waals surface area contributed by atoms with Gasteiger partial charge in [-0.1, -0.05) is 60.1 Å². The highest BCUT2D eigenvalue weighted by Gasteiger charge is 2.46. The van der Waals surface area contributed by atoms with Crippen LogP contribution in [0.2, 0.25) is 5.02 Å². The summed E-state index contributed by atoms with van der Waals surface area (Å²) in [5, 5.41) is -1.82. The van der Waals surface area contributed by atoms with Gasteiger partial charge in [0.2, 0.25) is 0 Å². The molecule has 1 aliphatic carbocycles. The molecule has 0 nitrogen and oxygen atoms in total. The summed E-state index contributed by atoms with van der Waals surface area (Å²) in [6.07, 6.45) is 0. The Morgan fingerprint density at radius 2 is 0.840 bits per heavy atom. The third-order valence-electron chi connectivity index (χ3n) is 3.78. The summed E-state index contributed by atoms with van der Waals surface area (Å²) < 4.78 is 0. The first-order valence-electron chi connectivity index (χ1n) is 7.49. The van der Waals surface area contributed by atoms with Crippen molar-refractivity contribution in [3.63, 3.8) is 0 Å². The van der Waals surface area contributed by atoms with E-state index in [-0.39, 0.29) is 0 Å². The van der Waals surface area contributed by atoms with Crippen LogP contribution in [0.4, 0.5) is 0 Å². The zero-order valence-corrected chi connectivity index (χ0v) is 18.1. The van der Waals surface area contributed by atoms with Gasteiger partial charge in [-0.3, -0.25) is 0 Å². The normalized spacial score (nSPS) is 31.8. The van der Waals surface area contributed by atoms with E-state index in [1.807, 2.05) is 42.5 Å². The van der Waals surface area contributed by atoms with Crippen LogP contribution in [0.5, 0.6) is 0 Å². The second-order valence-electron chi connectivity index (χ2n) is 5.51. The lowest BCUT2D eigenvalue weighted by Crippen LogP contribution is -2.52. The van der Waals surface area contributed by atoms with Gasteiger partial charge in [0, 0.05) is 10.6 Å². The Morgan fingerprint density at radius 3 is 1.24 bits per heavy atom. The van der Waals surface area contributed by atoms with E-state index in [1.54, 1.807) is 0 Å². The fraction of sp³-hybridized carbons (Fsp3) is 0.333. The lowest BCUT2D eigenvalue weighted by molar-refractivity contribution is 0.544. The molecule has 1 aliphatic rings. The predicted molar refractivity (Wildman–Crippen MR) is 115 cm³/mol. The second kappa shape index (κ2) is 10.1. The predicted octanol–water partition coefficient (Wildman–Crippen LogP) is 7.65. The van der Waals surface area contributed by atoms with Crippen molar-refractivity contribution in [1.29, 1.82) is 0 Å². The van der Waals surface area contributed by atoms with Crippen molar-refractivity contribution >= 4 is 81.2 Å². The minimum absolute atomic E-state index is 0.437. The molecule has 136 valence electrons. The van der Waals surface area contributed by atoms with E-state index in [0.717, 1.165) is 16.1 Å². The van der Waals surface area contributed by atoms with Crippen LogP contribution in [0.1, 0.15) is 0 Å². The molecule has 0 atom stereocenters. The Hall–Kier alpha value is 0.470. The summed E-state index contributed by atoms with van der Waals surface area (Å²) in [6.45, 7) is 0. The molecule has 0 aliphatic heterocycles. The van der Waals surface area contributed by atoms with Crippen LogP contribution >= 0.6 is 81.2 Å². The summed E-state index contributed by atoms with van der Waals surface area (Å²) in [4.78, 5) is 0. The van der Waals surface area contributed by atoms with E-state index >= 15 is 0 Å². The largest absolute Gasteiger partial charge is 0.120 e. The molecule has 3 rings (SSSR count). The van der Waals surface area contributed by atoms with Gasteiger partial charge in [-0.15, -0.1) is 69.6 Å². The van der Waals surface area contributed by atoms with Gasteiger partial charge in [-0.05, 0) is 11.6 Å². The Bertz CT molecular complexity index is 605. The van der Waals surface area contributed by atoms with Crippen molar-refractivity contribution in [2.24, 2.45) is 0 Å². The molecule has 0 spiro atoms. The van der Waals surface area contributed by atoms with Crippen molar-refractivity contribution in [2.75, 3.05) is 0 Å². The van der Waals surface area contributed by atoms with E-state index in [1.165, 1.54) is 0 Å². The monoisotopic (exact) mass is 476 g/mol. The van der Waals surface area contributed by atoms with Crippen LogP contribution in [0.3, 0.4) is 0 Å². The third-order valence-corrected chi connectivity index (χ3v) is 8.14. The zero-order chi connectivity index (χ0) is 18.6. The Balaban J connectivity index is 0.000000181. The maximum absolute atomic E-state index is 6.06. The maximum Gasteiger partial charge on any atom is 0.0693 e. The van der Waals surface area contributed by atoms with Crippen LogP contribution in [0.15, 0.2) is 54.6 Å². The van der Waals surface area contributed by atoms with Crippen molar-refractivity contribution in [3.05, 3.63) is 59.6 Å². The topological polar surface area (TPSA) is 0 Å². The van der Waals surface area contributed by atoms with Gasteiger partial charge in [0.15, 0.2) is 0 Å². The highest BCUT2D eigenvalue weighted by atomic mass is 35.5. The van der Waals surface area contributed by atoms with E-state index in [4.69, 9.17) is 81.2 Å². The van der Waals surface area contributed by atoms with Crippen LogP contribution in [-0.4, -0.2) is 32.3 Å². The van der Waals surface area contributed by atoms with Gasteiger partial charge < -0.3 is 0 Å². The molecule has 0 bridgehead atoms. The molecule has 0 radical (unpaired) electrons. The molecule has 0 saturated heterocycles. The van der Waals surface area contributed by atoms with Crippen molar-refractivity contribution in [2.45, 2.75) is 32.3 Å². The smallest absolute Gasteiger partial charge is 0.0693 e. The molecule has 0 N–H and O–H groups in total. The molecular formula is C18H15Cl7. The molecule has 2 aromatic rings. The first kappa shape index (κ1) is 21.8. The summed E-state index contributed by atoms with van der Waals surface area (Å²) in [7, 11) is 0. The molecule has 2 aromatic carbocycles. The van der Waals surface area contributed by atoms with Gasteiger partial charge in [0.1, 0.15) is 0 Å². The Labute approximate surface area is 183 Å². The van der Waals surface area contributed by atoms with E-state index in [9.17, 15) is 0 Å². The molecule has 1 saturated carbocycles. The average molecular weight is 479 g/mol. The maximum atomic E-state index is 6.06. The first-order valence-corrected chi connectivity index (χ1v) is 10.5. The summed E-state index contributed by atoms with van der Waals surface area (Å²) in [5.41, 5.74) is 2.25. The van der Waals surface area contributed by atoms with Gasteiger partial charge >= 0.3 is 0 Å². The number of alkyl halides is 6. The van der Waals surface area contributed by atoms with Crippen LogP contribution in [-0.2, 0) is 0 Å². The van der Waals surface area contributed by atoms with Crippen LogP contribution in [0.25, 0.3) is 11.1 Å². The van der Waals surface area contributed by atoms with Gasteiger partial charge in [-0.25, -0.2) is 0 Å². The number of halogens is 7. The van der Waals surface area contributed by atoms with Gasteiger partial charge in [-0.2, -0.15) is 0 Å². The van der Waals surface area contributed by atoms with E-state index < -0.39 is 32.3 Å². The number of hydrogen-bond donors (Lipinski definition) is 0. The van der Waals surface area contributed by atoms with Gasteiger partial charge in [0.25, 0.3) is 0 Å². The summed E-state index contributed by atoms with van der Waals surface area (Å²) in [5.74, 6) is 0. The molecule has 25 heavy (non-hydrogen) atoms. The minimum Gasteiger partial charge on any atom is -0.120 e. The highest BCUT2D eigenvalue weighted by molar-refractivity contribution is 6.45. The van der Waals surface area contributed by atoms with Crippen LogP contribution < -0.4 is 0 Å². The lowest BCUT2D eigenvalue weighted by Gasteiger charge is -2.37. The molecule has 1 fully saturated rings. The first-order chi connectivity index (χ1) is 11.8. The Morgan fingerprint density at radius 1 is 0.480 bits per heavy atom. The van der Waals surface area contributed by atoms with Crippen LogP contribution in [0, 0.1) is 0 Å². The van der Waals surface area contributed by atoms with Crippen molar-refractivity contribution in [3.8, 4) is 11.1 Å². The van der Waals surface area contributed by atoms with E-state index in [0.29, 0.717) is 0 Å². The highest BCUT2D eigenvalue weighted by Crippen LogP contribution is 2.39. The minimum atomic E-state index is -0.437. The number of hydrogen-bond acceptors (Lipinski definition) is 0. The molecular weight excluding hydrogens is 464 g/mol. The van der Waals surface area contributed by atoms with Gasteiger partial charge in [0.05, 0.1) is 32.3 Å². The molecule has 7 heteroatoms. The average Bonchev–Trinajstić information content (AvgIpc) is 2.65. The molecule has 0 heterocycles. The fourth-order valence-corrected chi connectivity index (χ4v) is 4.94. The fourth-order valence-electron chi connectivity index (χ4n) is 2.37. The molecule has 0 aromatic heterocycles. The van der Waals surface area contributed by atoms with E-state index in [2.05, 4.69) is 12.1 Å². The lowest BCUT2D eigenvalue weighted by atomic mass is 9.97. The molecule has 0 amide bonds. The Kier molecular flexibility index (Phi) is 8.82. The summed E-state index contributed by atoms with van der Waals surface area (Å²) >= 11 is 41.3. The SMILES string of the molecule is Cl[C@H]1[C@H](Cl)[C@@H](Cl)[C@@H](Cl)[C@H](Cl)[C@H]1Cl.Clc1ccccc1-c1ccccc1. The zero-order valence-electron chi connectivity index (χ0n) is 12.8. The van der Waals surface area contributed by atoms with Crippen molar-refractivity contribution in [1.82, 2.24) is 0 Å². The second-order valence-corrected chi connectivity index (χ2v) is 8.94. The quantitative estimate of drug-likeness (QED) is 0.369. The molecule has 0 unspecified atom stereocenters. The third kappa shape index (κ3) is 5.48. The number of rotatable bonds is 1. The van der Waals surface area contributed by atoms with Crippen molar-refractivity contribution < 1.29 is 0 Å². The summed E-state index contributed by atoms with van der Waals surface area (Å²) in [6, 6.07) is 18.0.